The molecule has 0 aliphatic carbocycles. The van der Waals surface area contributed by atoms with Crippen molar-refractivity contribution in [3.63, 3.8) is 0 Å². The third kappa shape index (κ3) is 3.96. The van der Waals surface area contributed by atoms with Crippen molar-refractivity contribution in [1.29, 1.82) is 0 Å². The molecule has 0 bridgehead atoms. The lowest BCUT2D eigenvalue weighted by molar-refractivity contribution is -0.0511. The van der Waals surface area contributed by atoms with E-state index in [1.807, 2.05) is 0 Å². The van der Waals surface area contributed by atoms with Crippen LogP contribution in [0.2, 0.25) is 5.28 Å². The Kier molecular flexibility index (Phi) is 5.23. The van der Waals surface area contributed by atoms with Gasteiger partial charge in [-0.25, -0.2) is 9.78 Å². The quantitative estimate of drug-likeness (QED) is 0.536. The van der Waals surface area contributed by atoms with Crippen LogP contribution in [0.3, 0.4) is 0 Å². The summed E-state index contributed by atoms with van der Waals surface area (Å²) in [5, 5.41) is 31.7. The van der Waals surface area contributed by atoms with Gasteiger partial charge in [0.25, 0.3) is 0 Å². The Labute approximate surface area is 158 Å². The van der Waals surface area contributed by atoms with Crippen LogP contribution >= 0.6 is 11.6 Å². The normalized spacial score (nSPS) is 25.7. The van der Waals surface area contributed by atoms with Crippen molar-refractivity contribution in [2.24, 2.45) is 0 Å². The molecule has 3 rings (SSSR count). The van der Waals surface area contributed by atoms with Gasteiger partial charge >= 0.3 is 6.09 Å². The Morgan fingerprint density at radius 2 is 2.07 bits per heavy atom. The molecule has 12 heteroatoms. The summed E-state index contributed by atoms with van der Waals surface area (Å²) in [6.07, 6.45) is -4.07. The molecule has 1 amide bonds. The second-order valence-corrected chi connectivity index (χ2v) is 7.36. The lowest BCUT2D eigenvalue weighted by atomic mass is 10.1. The Hall–Kier alpha value is -2.05. The minimum atomic E-state index is -1.32. The van der Waals surface area contributed by atoms with Gasteiger partial charge in [0.1, 0.15) is 23.9 Å². The van der Waals surface area contributed by atoms with Crippen LogP contribution in [0.15, 0.2) is 6.33 Å². The number of halogens is 1. The van der Waals surface area contributed by atoms with E-state index in [-0.39, 0.29) is 22.3 Å². The number of nitrogens with one attached hydrogen (secondary N) is 1. The highest BCUT2D eigenvalue weighted by atomic mass is 35.5. The molecular weight excluding hydrogens is 382 g/mol. The topological polar surface area (TPSA) is 152 Å². The summed E-state index contributed by atoms with van der Waals surface area (Å²) in [7, 11) is 0. The molecule has 0 aromatic carbocycles. The summed E-state index contributed by atoms with van der Waals surface area (Å²) in [4.78, 5) is 24.2. The second kappa shape index (κ2) is 7.17. The molecular formula is C15H20ClN5O6. The molecule has 27 heavy (non-hydrogen) atoms. The summed E-state index contributed by atoms with van der Waals surface area (Å²) in [5.74, 6) is 0.0183. The van der Waals surface area contributed by atoms with Crippen LogP contribution < -0.4 is 5.32 Å². The van der Waals surface area contributed by atoms with Gasteiger partial charge in [-0.05, 0) is 32.4 Å². The predicted octanol–water partition coefficient (Wildman–Crippen LogP) is 0.438. The van der Waals surface area contributed by atoms with Crippen molar-refractivity contribution in [2.75, 3.05) is 11.9 Å². The zero-order chi connectivity index (χ0) is 19.9. The van der Waals surface area contributed by atoms with E-state index in [4.69, 9.17) is 21.1 Å². The summed E-state index contributed by atoms with van der Waals surface area (Å²) in [6.45, 7) is 4.67. The number of hydrogen-bond acceptors (Lipinski definition) is 9. The maximum atomic E-state index is 12.0. The van der Waals surface area contributed by atoms with Gasteiger partial charge < -0.3 is 24.8 Å². The van der Waals surface area contributed by atoms with Crippen molar-refractivity contribution in [2.45, 2.75) is 50.9 Å². The average molecular weight is 402 g/mol. The van der Waals surface area contributed by atoms with E-state index in [0.29, 0.717) is 0 Å². The number of rotatable bonds is 3. The minimum Gasteiger partial charge on any atom is -0.444 e. The predicted molar refractivity (Wildman–Crippen MR) is 93.2 cm³/mol. The molecule has 148 valence electrons. The minimum absolute atomic E-state index is 0.0183. The maximum Gasteiger partial charge on any atom is 0.413 e. The van der Waals surface area contributed by atoms with Gasteiger partial charge in [-0.1, -0.05) is 0 Å². The van der Waals surface area contributed by atoms with Crippen LogP contribution in [0.25, 0.3) is 11.2 Å². The molecule has 1 saturated heterocycles. The fourth-order valence-electron chi connectivity index (χ4n) is 2.67. The molecule has 0 unspecified atom stereocenters. The van der Waals surface area contributed by atoms with E-state index in [1.54, 1.807) is 20.8 Å². The number of carbonyl (C=O) groups is 1. The molecule has 2 aromatic rings. The van der Waals surface area contributed by atoms with Crippen LogP contribution in [0.4, 0.5) is 10.6 Å². The first-order chi connectivity index (χ1) is 12.6. The number of fused-ring (bicyclic) bond motifs is 1. The fraction of sp³-hybridized carbons (Fsp3) is 0.600. The Bertz CT molecular complexity index is 853. The molecule has 1 fully saturated rings. The number of amides is 1. The van der Waals surface area contributed by atoms with Crippen LogP contribution in [0.1, 0.15) is 27.0 Å². The van der Waals surface area contributed by atoms with E-state index in [0.717, 1.165) is 0 Å². The number of aliphatic hydroxyl groups is 3. The van der Waals surface area contributed by atoms with Gasteiger partial charge in [0, 0.05) is 0 Å². The molecule has 3 heterocycles. The fourth-order valence-corrected chi connectivity index (χ4v) is 2.84. The van der Waals surface area contributed by atoms with Gasteiger partial charge in [0.15, 0.2) is 23.2 Å². The number of carbonyl (C=O) groups excluding carboxylic acids is 1. The highest BCUT2D eigenvalue weighted by Crippen LogP contribution is 2.32. The van der Waals surface area contributed by atoms with E-state index in [1.165, 1.54) is 10.9 Å². The van der Waals surface area contributed by atoms with Gasteiger partial charge in [0.05, 0.1) is 12.9 Å². The van der Waals surface area contributed by atoms with E-state index >= 15 is 0 Å². The lowest BCUT2D eigenvalue weighted by Gasteiger charge is -2.19. The Balaban J connectivity index is 1.95. The smallest absolute Gasteiger partial charge is 0.413 e. The number of imidazole rings is 1. The number of hydrogen-bond donors (Lipinski definition) is 4. The standard InChI is InChI=1S/C15H20ClN5O6/c1-15(2,3)27-14(25)19-10-7-11(20-13(16)18-10)21(5-17-7)12-9(24)8(23)6(4-22)26-12/h5-6,8-9,12,22-24H,4H2,1-3H3,(H,18,19,20,25)/t6-,8-,9-,12-/m1/s1. The van der Waals surface area contributed by atoms with Crippen LogP contribution in [0.5, 0.6) is 0 Å². The van der Waals surface area contributed by atoms with E-state index in [2.05, 4.69) is 20.3 Å². The van der Waals surface area contributed by atoms with Gasteiger partial charge in [-0.3, -0.25) is 9.88 Å². The van der Waals surface area contributed by atoms with Crippen LogP contribution in [-0.2, 0) is 9.47 Å². The summed E-state index contributed by atoms with van der Waals surface area (Å²) in [6, 6.07) is 0. The molecule has 11 nitrogen and oxygen atoms in total. The highest BCUT2D eigenvalue weighted by Gasteiger charge is 2.44. The number of nitrogens with zero attached hydrogens (tertiary/aromatic N) is 4. The average Bonchev–Trinajstić information content (AvgIpc) is 3.08. The second-order valence-electron chi connectivity index (χ2n) is 7.02. The van der Waals surface area contributed by atoms with Crippen LogP contribution in [0, 0.1) is 0 Å². The van der Waals surface area contributed by atoms with Crippen molar-refractivity contribution >= 4 is 34.7 Å². The van der Waals surface area contributed by atoms with Crippen molar-refractivity contribution in [3.8, 4) is 0 Å². The number of aliphatic hydroxyl groups excluding tert-OH is 3. The van der Waals surface area contributed by atoms with Gasteiger partial charge in [-0.15, -0.1) is 0 Å². The SMILES string of the molecule is CC(C)(C)OC(=O)Nc1nc(Cl)nc2c1ncn2[C@@H]1O[C@H](CO)[C@@H](O)[C@H]1O. The van der Waals surface area contributed by atoms with Crippen LogP contribution in [-0.4, -0.2) is 71.5 Å². The molecule has 0 saturated carbocycles. The molecule has 1 aliphatic rings. The van der Waals surface area contributed by atoms with Crippen molar-refractivity contribution in [1.82, 2.24) is 19.5 Å². The Morgan fingerprint density at radius 3 is 2.67 bits per heavy atom. The Morgan fingerprint density at radius 1 is 1.37 bits per heavy atom. The first-order valence-electron chi connectivity index (χ1n) is 8.13. The summed E-state index contributed by atoms with van der Waals surface area (Å²) >= 11 is 5.95. The third-order valence-electron chi connectivity index (χ3n) is 3.80. The number of anilines is 1. The first-order valence-corrected chi connectivity index (χ1v) is 8.51. The highest BCUT2D eigenvalue weighted by molar-refractivity contribution is 6.28. The first kappa shape index (κ1) is 19.7. The number of aromatic nitrogens is 4. The summed E-state index contributed by atoms with van der Waals surface area (Å²) < 4.78 is 12.0. The zero-order valence-electron chi connectivity index (χ0n) is 14.8. The van der Waals surface area contributed by atoms with Crippen molar-refractivity contribution < 1.29 is 29.6 Å². The number of ether oxygens (including phenoxy) is 2. The third-order valence-corrected chi connectivity index (χ3v) is 3.97. The van der Waals surface area contributed by atoms with Crippen molar-refractivity contribution in [3.05, 3.63) is 11.6 Å². The largest absolute Gasteiger partial charge is 0.444 e. The molecule has 4 atom stereocenters. The molecule has 0 radical (unpaired) electrons. The monoisotopic (exact) mass is 401 g/mol. The molecule has 0 spiro atoms. The van der Waals surface area contributed by atoms with E-state index in [9.17, 15) is 20.1 Å². The van der Waals surface area contributed by atoms with Gasteiger partial charge in [0.2, 0.25) is 5.28 Å². The van der Waals surface area contributed by atoms with E-state index < -0.39 is 42.8 Å². The lowest BCUT2D eigenvalue weighted by Crippen LogP contribution is -2.33. The molecule has 4 N–H and O–H groups in total. The zero-order valence-corrected chi connectivity index (χ0v) is 15.6. The molecule has 2 aromatic heterocycles. The summed E-state index contributed by atoms with van der Waals surface area (Å²) in [5.41, 5.74) is -0.365. The molecule has 1 aliphatic heterocycles. The maximum absolute atomic E-state index is 12.0. The van der Waals surface area contributed by atoms with Gasteiger partial charge in [-0.2, -0.15) is 9.97 Å².